The van der Waals surface area contributed by atoms with Gasteiger partial charge >= 0.3 is 0 Å². The van der Waals surface area contributed by atoms with Gasteiger partial charge in [-0.3, -0.25) is 0 Å². The Hall–Kier alpha value is -0.930. The molecule has 13 heavy (non-hydrogen) atoms. The molecule has 0 aliphatic carbocycles. The molecule has 1 aliphatic rings. The molecule has 0 saturated carbocycles. The van der Waals surface area contributed by atoms with Crippen LogP contribution in [0.3, 0.4) is 0 Å². The smallest absolute Gasteiger partial charge is 0.126 e. The van der Waals surface area contributed by atoms with Crippen molar-refractivity contribution >= 4 is 0 Å². The normalized spacial score (nSPS) is 19.6. The van der Waals surface area contributed by atoms with Gasteiger partial charge in [-0.1, -0.05) is 12.1 Å². The third-order valence-corrected chi connectivity index (χ3v) is 2.63. The summed E-state index contributed by atoms with van der Waals surface area (Å²) >= 11 is 0. The first-order chi connectivity index (χ1) is 6.12. The van der Waals surface area contributed by atoms with Gasteiger partial charge in [-0.2, -0.15) is 0 Å². The second-order valence-electron chi connectivity index (χ2n) is 3.72. The molecule has 0 amide bonds. The fourth-order valence-electron chi connectivity index (χ4n) is 1.50. The summed E-state index contributed by atoms with van der Waals surface area (Å²) in [4.78, 5) is 0. The maximum atomic E-state index is 13.2. The van der Waals surface area contributed by atoms with Gasteiger partial charge in [0.25, 0.3) is 0 Å². The lowest BCUT2D eigenvalue weighted by Crippen LogP contribution is -2.62. The number of halogens is 1. The number of benzene rings is 1. The lowest BCUT2D eigenvalue weighted by molar-refractivity contribution is 0.286. The van der Waals surface area contributed by atoms with Gasteiger partial charge in [0.05, 0.1) is 5.54 Å². The number of nitrogens with two attached hydrogens (primary N) is 1. The van der Waals surface area contributed by atoms with Gasteiger partial charge in [0.15, 0.2) is 0 Å². The minimum atomic E-state index is -0.353. The van der Waals surface area contributed by atoms with Crippen LogP contribution in [0.15, 0.2) is 18.2 Å². The molecule has 1 aliphatic heterocycles. The minimum absolute atomic E-state index is 0.172. The molecule has 70 valence electrons. The third-order valence-electron chi connectivity index (χ3n) is 2.63. The summed E-state index contributed by atoms with van der Waals surface area (Å²) in [6, 6.07) is 5.22. The maximum Gasteiger partial charge on any atom is 0.126 e. The Morgan fingerprint density at radius 3 is 2.62 bits per heavy atom. The molecule has 0 unspecified atom stereocenters. The van der Waals surface area contributed by atoms with Crippen molar-refractivity contribution in [3.63, 3.8) is 0 Å². The van der Waals surface area contributed by atoms with Crippen molar-refractivity contribution in [2.24, 2.45) is 5.73 Å². The average molecular weight is 180 g/mol. The standard InChI is InChI=1S/C10H13FN2/c1-7-2-3-8(4-9(7)11)10(12)5-13-6-10/h2-4,13H,5-6,12H2,1H3. The van der Waals surface area contributed by atoms with Crippen molar-refractivity contribution in [1.82, 2.24) is 5.32 Å². The van der Waals surface area contributed by atoms with Gasteiger partial charge in [0, 0.05) is 13.1 Å². The van der Waals surface area contributed by atoms with Gasteiger partial charge in [0.2, 0.25) is 0 Å². The zero-order valence-corrected chi connectivity index (χ0v) is 7.60. The van der Waals surface area contributed by atoms with E-state index in [4.69, 9.17) is 5.73 Å². The van der Waals surface area contributed by atoms with Crippen molar-refractivity contribution in [2.75, 3.05) is 13.1 Å². The minimum Gasteiger partial charge on any atom is -0.319 e. The fourth-order valence-corrected chi connectivity index (χ4v) is 1.50. The summed E-state index contributed by atoms with van der Waals surface area (Å²) in [6.45, 7) is 3.21. The van der Waals surface area contributed by atoms with Crippen molar-refractivity contribution < 1.29 is 4.39 Å². The molecule has 0 aromatic heterocycles. The van der Waals surface area contributed by atoms with Crippen LogP contribution in [-0.4, -0.2) is 13.1 Å². The van der Waals surface area contributed by atoms with E-state index in [1.165, 1.54) is 6.07 Å². The first-order valence-corrected chi connectivity index (χ1v) is 4.38. The molecule has 0 spiro atoms. The molecule has 0 atom stereocenters. The van der Waals surface area contributed by atoms with Crippen LogP contribution in [0.25, 0.3) is 0 Å². The van der Waals surface area contributed by atoms with Gasteiger partial charge < -0.3 is 11.1 Å². The summed E-state index contributed by atoms with van der Waals surface area (Å²) < 4.78 is 13.2. The van der Waals surface area contributed by atoms with Gasteiger partial charge in [-0.25, -0.2) is 4.39 Å². The van der Waals surface area contributed by atoms with Crippen LogP contribution < -0.4 is 11.1 Å². The summed E-state index contributed by atoms with van der Waals surface area (Å²) in [6.07, 6.45) is 0. The van der Waals surface area contributed by atoms with Crippen LogP contribution in [0.5, 0.6) is 0 Å². The van der Waals surface area contributed by atoms with E-state index in [0.29, 0.717) is 5.56 Å². The first-order valence-electron chi connectivity index (χ1n) is 4.38. The van der Waals surface area contributed by atoms with Crippen LogP contribution in [0.1, 0.15) is 11.1 Å². The Kier molecular flexibility index (Phi) is 1.86. The van der Waals surface area contributed by atoms with Crippen LogP contribution in [0.4, 0.5) is 4.39 Å². The fraction of sp³-hybridized carbons (Fsp3) is 0.400. The van der Waals surface area contributed by atoms with Crippen molar-refractivity contribution in [2.45, 2.75) is 12.5 Å². The molecule has 2 rings (SSSR count). The first kappa shape index (κ1) is 8.66. The van der Waals surface area contributed by atoms with E-state index in [1.54, 1.807) is 13.0 Å². The predicted molar refractivity (Wildman–Crippen MR) is 49.9 cm³/mol. The van der Waals surface area contributed by atoms with Gasteiger partial charge in [-0.15, -0.1) is 0 Å². The molecular formula is C10H13FN2. The number of hydrogen-bond acceptors (Lipinski definition) is 2. The summed E-state index contributed by atoms with van der Waals surface area (Å²) in [5.41, 5.74) is 7.21. The van der Waals surface area contributed by atoms with E-state index in [2.05, 4.69) is 5.32 Å². The van der Waals surface area contributed by atoms with E-state index in [0.717, 1.165) is 18.7 Å². The second-order valence-corrected chi connectivity index (χ2v) is 3.72. The quantitative estimate of drug-likeness (QED) is 0.673. The molecule has 1 heterocycles. The predicted octanol–water partition coefficient (Wildman–Crippen LogP) is 0.891. The van der Waals surface area contributed by atoms with Crippen molar-refractivity contribution in [3.8, 4) is 0 Å². The summed E-state index contributed by atoms with van der Waals surface area (Å²) in [5.74, 6) is -0.172. The zero-order valence-electron chi connectivity index (χ0n) is 7.60. The molecule has 1 aromatic rings. The third kappa shape index (κ3) is 1.34. The Bertz CT molecular complexity index is 332. The van der Waals surface area contributed by atoms with Crippen LogP contribution in [0.2, 0.25) is 0 Å². The van der Waals surface area contributed by atoms with Crippen LogP contribution >= 0.6 is 0 Å². The summed E-state index contributed by atoms with van der Waals surface area (Å²) in [5, 5.41) is 3.09. The molecule has 1 fully saturated rings. The number of nitrogens with one attached hydrogen (secondary N) is 1. The number of rotatable bonds is 1. The number of aryl methyl sites for hydroxylation is 1. The molecule has 2 nitrogen and oxygen atoms in total. The molecule has 3 N–H and O–H groups in total. The van der Waals surface area contributed by atoms with E-state index < -0.39 is 0 Å². The monoisotopic (exact) mass is 180 g/mol. The van der Waals surface area contributed by atoms with E-state index in [1.807, 2.05) is 6.07 Å². The highest BCUT2D eigenvalue weighted by molar-refractivity contribution is 5.31. The van der Waals surface area contributed by atoms with E-state index in [9.17, 15) is 4.39 Å². The Balaban J connectivity index is 2.36. The van der Waals surface area contributed by atoms with Gasteiger partial charge in [0.1, 0.15) is 5.82 Å². The molecule has 0 bridgehead atoms. The van der Waals surface area contributed by atoms with Crippen molar-refractivity contribution in [1.29, 1.82) is 0 Å². The van der Waals surface area contributed by atoms with Crippen molar-refractivity contribution in [3.05, 3.63) is 35.1 Å². The lowest BCUT2D eigenvalue weighted by atomic mass is 9.85. The Labute approximate surface area is 76.9 Å². The van der Waals surface area contributed by atoms with Gasteiger partial charge in [-0.05, 0) is 24.1 Å². The maximum absolute atomic E-state index is 13.2. The SMILES string of the molecule is Cc1ccc(C2(N)CNC2)cc1F. The molecule has 3 heteroatoms. The highest BCUT2D eigenvalue weighted by Gasteiger charge is 2.34. The molecular weight excluding hydrogens is 167 g/mol. The molecule has 0 radical (unpaired) electrons. The Morgan fingerprint density at radius 2 is 2.15 bits per heavy atom. The molecule has 1 aromatic carbocycles. The van der Waals surface area contributed by atoms with Crippen LogP contribution in [0, 0.1) is 12.7 Å². The lowest BCUT2D eigenvalue weighted by Gasteiger charge is -2.39. The number of hydrogen-bond donors (Lipinski definition) is 2. The second kappa shape index (κ2) is 2.79. The Morgan fingerprint density at radius 1 is 1.46 bits per heavy atom. The highest BCUT2D eigenvalue weighted by Crippen LogP contribution is 2.23. The van der Waals surface area contributed by atoms with E-state index >= 15 is 0 Å². The topological polar surface area (TPSA) is 38.0 Å². The van der Waals surface area contributed by atoms with E-state index in [-0.39, 0.29) is 11.4 Å². The largest absolute Gasteiger partial charge is 0.319 e. The highest BCUT2D eigenvalue weighted by atomic mass is 19.1. The average Bonchev–Trinajstić information content (AvgIpc) is 2.06. The molecule has 1 saturated heterocycles. The zero-order chi connectivity index (χ0) is 9.47. The summed E-state index contributed by atoms with van der Waals surface area (Å²) in [7, 11) is 0. The van der Waals surface area contributed by atoms with Crippen LogP contribution in [-0.2, 0) is 5.54 Å².